The van der Waals surface area contributed by atoms with Crippen LogP contribution in [0.2, 0.25) is 0 Å². The molecule has 2 aliphatic rings. The average molecular weight is 442 g/mol. The quantitative estimate of drug-likeness (QED) is 0.627. The number of rotatable bonds is 6. The number of hydrogen-bond acceptors (Lipinski definition) is 7. The molecule has 2 saturated heterocycles. The van der Waals surface area contributed by atoms with Crippen LogP contribution in [0.4, 0.5) is 5.69 Å². The molecule has 31 heavy (non-hydrogen) atoms. The Bertz CT molecular complexity index is 1250. The number of benzene rings is 2. The molecule has 3 aromatic rings. The van der Waals surface area contributed by atoms with Gasteiger partial charge in [-0.2, -0.15) is 0 Å². The number of carbonyl (C=O) groups excluding carboxylic acids is 1. The third-order valence-corrected chi connectivity index (χ3v) is 7.00. The Balaban J connectivity index is 1.35. The molecule has 1 N–H and O–H groups in total. The number of sulfonamides is 1. The Morgan fingerprint density at radius 1 is 1.16 bits per heavy atom. The summed E-state index contributed by atoms with van der Waals surface area (Å²) in [6.45, 7) is 5.53. The maximum atomic E-state index is 12.7. The van der Waals surface area contributed by atoms with E-state index in [1.807, 2.05) is 18.2 Å². The van der Waals surface area contributed by atoms with Crippen molar-refractivity contribution < 1.29 is 27.1 Å². The number of carbonyl (C=O) groups is 1. The zero-order valence-electron chi connectivity index (χ0n) is 17.0. The van der Waals surface area contributed by atoms with Crippen LogP contribution < -0.4 is 14.4 Å². The fraction of sp³-hybridized carbons (Fsp3) is 0.318. The predicted molar refractivity (Wildman–Crippen MR) is 114 cm³/mol. The standard InChI is InChI=1S/C22H22N2O6S/c1-2-29-17-5-3-4-6-20(17)31(26,27)23-21(25)19-9-15-7-8-16(10-18(15)30-19)24-11-22(12-24)13-28-14-22/h3-10H,2,11-14H2,1H3,(H,23,25). The molecule has 5 rings (SSSR count). The highest BCUT2D eigenvalue weighted by molar-refractivity contribution is 7.90. The van der Waals surface area contributed by atoms with Crippen LogP contribution in [0.25, 0.3) is 11.0 Å². The van der Waals surface area contributed by atoms with Gasteiger partial charge in [-0.1, -0.05) is 12.1 Å². The van der Waals surface area contributed by atoms with Gasteiger partial charge in [-0.15, -0.1) is 0 Å². The zero-order valence-corrected chi connectivity index (χ0v) is 17.8. The summed E-state index contributed by atoms with van der Waals surface area (Å²) in [5, 5.41) is 0.725. The van der Waals surface area contributed by atoms with Crippen molar-refractivity contribution in [3.8, 4) is 5.75 Å². The second kappa shape index (κ2) is 7.28. The number of fused-ring (bicyclic) bond motifs is 1. The fourth-order valence-corrected chi connectivity index (χ4v) is 5.13. The number of anilines is 1. The van der Waals surface area contributed by atoms with Crippen LogP contribution in [-0.2, 0) is 14.8 Å². The second-order valence-electron chi connectivity index (χ2n) is 8.00. The molecule has 9 heteroatoms. The third-order valence-electron chi connectivity index (χ3n) is 5.63. The number of para-hydroxylation sites is 1. The molecule has 3 heterocycles. The number of nitrogens with zero attached hydrogens (tertiary/aromatic N) is 1. The third kappa shape index (κ3) is 3.53. The Hall–Kier alpha value is -3.04. The van der Waals surface area contributed by atoms with Gasteiger partial charge in [0.25, 0.3) is 10.0 Å². The maximum Gasteiger partial charge on any atom is 0.300 e. The SMILES string of the molecule is CCOc1ccccc1S(=O)(=O)NC(=O)c1cc2ccc(N3CC4(COC4)C3)cc2o1. The lowest BCUT2D eigenvalue weighted by molar-refractivity contribution is -0.127. The van der Waals surface area contributed by atoms with Crippen molar-refractivity contribution >= 4 is 32.6 Å². The Morgan fingerprint density at radius 3 is 2.65 bits per heavy atom. The molecular formula is C22H22N2O6S. The highest BCUT2D eigenvalue weighted by Crippen LogP contribution is 2.41. The smallest absolute Gasteiger partial charge is 0.300 e. The summed E-state index contributed by atoms with van der Waals surface area (Å²) in [5.41, 5.74) is 1.82. The van der Waals surface area contributed by atoms with Crippen molar-refractivity contribution in [1.29, 1.82) is 0 Å². The highest BCUT2D eigenvalue weighted by atomic mass is 32.2. The minimum Gasteiger partial charge on any atom is -0.492 e. The summed E-state index contributed by atoms with van der Waals surface area (Å²) in [4.78, 5) is 14.8. The van der Waals surface area contributed by atoms with Gasteiger partial charge in [0.05, 0.1) is 25.2 Å². The minimum absolute atomic E-state index is 0.0721. The monoisotopic (exact) mass is 442 g/mol. The van der Waals surface area contributed by atoms with E-state index in [-0.39, 0.29) is 21.8 Å². The molecule has 2 aliphatic heterocycles. The van der Waals surface area contributed by atoms with Crippen LogP contribution in [-0.4, -0.2) is 47.2 Å². The van der Waals surface area contributed by atoms with Gasteiger partial charge in [0.1, 0.15) is 16.2 Å². The van der Waals surface area contributed by atoms with Crippen molar-refractivity contribution in [2.45, 2.75) is 11.8 Å². The largest absolute Gasteiger partial charge is 0.492 e. The van der Waals surface area contributed by atoms with E-state index in [0.717, 1.165) is 37.4 Å². The molecule has 0 aliphatic carbocycles. The first-order valence-corrected chi connectivity index (χ1v) is 11.5. The van der Waals surface area contributed by atoms with Gasteiger partial charge in [0.15, 0.2) is 5.76 Å². The van der Waals surface area contributed by atoms with Gasteiger partial charge in [-0.25, -0.2) is 13.1 Å². The first-order valence-electron chi connectivity index (χ1n) is 10.0. The van der Waals surface area contributed by atoms with E-state index >= 15 is 0 Å². The molecule has 1 spiro atoms. The van der Waals surface area contributed by atoms with Crippen LogP contribution in [0.3, 0.4) is 0 Å². The van der Waals surface area contributed by atoms with E-state index in [0.29, 0.717) is 12.2 Å². The van der Waals surface area contributed by atoms with E-state index in [4.69, 9.17) is 13.9 Å². The molecule has 162 valence electrons. The maximum absolute atomic E-state index is 12.7. The van der Waals surface area contributed by atoms with Crippen LogP contribution in [0.5, 0.6) is 5.75 Å². The number of amides is 1. The van der Waals surface area contributed by atoms with Crippen LogP contribution >= 0.6 is 0 Å². The van der Waals surface area contributed by atoms with Gasteiger partial charge in [-0.05, 0) is 37.3 Å². The molecule has 1 aromatic heterocycles. The molecule has 0 unspecified atom stereocenters. The molecular weight excluding hydrogens is 420 g/mol. The average Bonchev–Trinajstić information content (AvgIpc) is 3.10. The van der Waals surface area contributed by atoms with E-state index < -0.39 is 15.9 Å². The zero-order chi connectivity index (χ0) is 21.6. The summed E-state index contributed by atoms with van der Waals surface area (Å²) < 4.78 is 43.9. The fourth-order valence-electron chi connectivity index (χ4n) is 4.02. The van der Waals surface area contributed by atoms with Gasteiger partial charge in [0.2, 0.25) is 0 Å². The van der Waals surface area contributed by atoms with Gasteiger partial charge in [-0.3, -0.25) is 4.79 Å². The Kier molecular flexibility index (Phi) is 4.67. The minimum atomic E-state index is -4.13. The molecule has 0 radical (unpaired) electrons. The Morgan fingerprint density at radius 2 is 1.94 bits per heavy atom. The number of hydrogen-bond donors (Lipinski definition) is 1. The molecule has 8 nitrogen and oxygen atoms in total. The summed E-state index contributed by atoms with van der Waals surface area (Å²) in [6, 6.07) is 13.4. The van der Waals surface area contributed by atoms with Crippen molar-refractivity contribution in [1.82, 2.24) is 4.72 Å². The van der Waals surface area contributed by atoms with Gasteiger partial charge >= 0.3 is 5.91 Å². The lowest BCUT2D eigenvalue weighted by Crippen LogP contribution is -2.66. The van der Waals surface area contributed by atoms with E-state index in [9.17, 15) is 13.2 Å². The van der Waals surface area contributed by atoms with E-state index in [2.05, 4.69) is 9.62 Å². The number of nitrogens with one attached hydrogen (secondary N) is 1. The van der Waals surface area contributed by atoms with Gasteiger partial charge in [0, 0.05) is 30.2 Å². The number of furan rings is 1. The van der Waals surface area contributed by atoms with E-state index in [1.165, 1.54) is 12.1 Å². The van der Waals surface area contributed by atoms with Crippen molar-refractivity contribution in [3.05, 3.63) is 54.3 Å². The summed E-state index contributed by atoms with van der Waals surface area (Å²) in [7, 11) is -4.13. The predicted octanol–water partition coefficient (Wildman–Crippen LogP) is 2.79. The van der Waals surface area contributed by atoms with Crippen LogP contribution in [0.15, 0.2) is 57.8 Å². The molecule has 0 saturated carbocycles. The molecule has 0 bridgehead atoms. The lowest BCUT2D eigenvalue weighted by Gasteiger charge is -2.56. The highest BCUT2D eigenvalue weighted by Gasteiger charge is 2.49. The first kappa shape index (κ1) is 19.9. The normalized spacial score (nSPS) is 17.3. The molecule has 2 fully saturated rings. The van der Waals surface area contributed by atoms with Gasteiger partial charge < -0.3 is 18.8 Å². The molecule has 1 amide bonds. The molecule has 2 aromatic carbocycles. The first-order chi connectivity index (χ1) is 14.9. The van der Waals surface area contributed by atoms with Crippen molar-refractivity contribution in [2.24, 2.45) is 5.41 Å². The van der Waals surface area contributed by atoms with Crippen LogP contribution in [0, 0.1) is 5.41 Å². The molecule has 0 atom stereocenters. The summed E-state index contributed by atoms with van der Waals surface area (Å²) in [6.07, 6.45) is 0. The topological polar surface area (TPSA) is 98.1 Å². The second-order valence-corrected chi connectivity index (χ2v) is 9.65. The van der Waals surface area contributed by atoms with Crippen molar-refractivity contribution in [3.63, 3.8) is 0 Å². The van der Waals surface area contributed by atoms with Crippen molar-refractivity contribution in [2.75, 3.05) is 37.8 Å². The summed E-state index contributed by atoms with van der Waals surface area (Å²) >= 11 is 0. The lowest BCUT2D eigenvalue weighted by atomic mass is 9.78. The summed E-state index contributed by atoms with van der Waals surface area (Å²) in [5.74, 6) is -0.723. The van der Waals surface area contributed by atoms with Crippen LogP contribution in [0.1, 0.15) is 17.5 Å². The Labute approximate surface area is 179 Å². The van der Waals surface area contributed by atoms with E-state index in [1.54, 1.807) is 25.1 Å². The number of ether oxygens (including phenoxy) is 2.